The van der Waals surface area contributed by atoms with Gasteiger partial charge in [-0.1, -0.05) is 6.92 Å². The summed E-state index contributed by atoms with van der Waals surface area (Å²) in [6.45, 7) is 6.26. The molecule has 0 unspecified atom stereocenters. The van der Waals surface area contributed by atoms with Crippen molar-refractivity contribution >= 4 is 37.3 Å². The Bertz CT molecular complexity index is 551. The minimum atomic E-state index is -3.41. The number of hydrogen-bond donors (Lipinski definition) is 1. The molecule has 0 aromatic carbocycles. The largest absolute Gasteiger partial charge is 0.326 e. The van der Waals surface area contributed by atoms with Crippen LogP contribution in [0.4, 0.5) is 0 Å². The summed E-state index contributed by atoms with van der Waals surface area (Å²) >= 11 is 4.73. The lowest BCUT2D eigenvalue weighted by Gasteiger charge is -2.33. The first kappa shape index (κ1) is 16.4. The maximum atomic E-state index is 12.6. The molecule has 1 saturated heterocycles. The molecule has 1 aliphatic heterocycles. The molecule has 0 aliphatic carbocycles. The van der Waals surface area contributed by atoms with Crippen LogP contribution in [0.1, 0.15) is 18.2 Å². The first-order valence-electron chi connectivity index (χ1n) is 6.69. The van der Waals surface area contributed by atoms with Crippen LogP contribution < -0.4 is 5.73 Å². The standard InChI is InChI=1S/C12H20BrN3O2S2/c1-2-3-15-4-6-16(7-5-15)20(17,18)11-8-10(9-14)19-12(11)13/h8H,2-7,9,14H2,1H3. The summed E-state index contributed by atoms with van der Waals surface area (Å²) < 4.78 is 27.5. The van der Waals surface area contributed by atoms with Crippen LogP contribution in [-0.2, 0) is 16.6 Å². The molecule has 0 spiro atoms. The Balaban J connectivity index is 2.13. The first-order chi connectivity index (χ1) is 9.48. The normalized spacial score (nSPS) is 18.6. The van der Waals surface area contributed by atoms with E-state index in [0.29, 0.717) is 28.3 Å². The molecule has 5 nitrogen and oxygen atoms in total. The van der Waals surface area contributed by atoms with E-state index in [1.807, 2.05) is 0 Å². The third-order valence-electron chi connectivity index (χ3n) is 3.40. The van der Waals surface area contributed by atoms with Crippen molar-refractivity contribution < 1.29 is 8.42 Å². The SMILES string of the molecule is CCCN1CCN(S(=O)(=O)c2cc(CN)sc2Br)CC1. The monoisotopic (exact) mass is 381 g/mol. The van der Waals surface area contributed by atoms with Crippen LogP contribution in [0, 0.1) is 0 Å². The molecule has 0 bridgehead atoms. The van der Waals surface area contributed by atoms with Gasteiger partial charge in [-0.05, 0) is 35.0 Å². The van der Waals surface area contributed by atoms with E-state index in [1.165, 1.54) is 11.3 Å². The topological polar surface area (TPSA) is 66.6 Å². The summed E-state index contributed by atoms with van der Waals surface area (Å²) in [5, 5.41) is 0. The summed E-state index contributed by atoms with van der Waals surface area (Å²) in [5.74, 6) is 0. The van der Waals surface area contributed by atoms with Crippen LogP contribution in [-0.4, -0.2) is 50.3 Å². The molecular formula is C12H20BrN3O2S2. The minimum absolute atomic E-state index is 0.354. The summed E-state index contributed by atoms with van der Waals surface area (Å²) in [5.41, 5.74) is 5.58. The number of thiophene rings is 1. The molecule has 1 aromatic heterocycles. The third kappa shape index (κ3) is 3.42. The average Bonchev–Trinajstić information content (AvgIpc) is 2.82. The zero-order valence-corrected chi connectivity index (χ0v) is 14.7. The van der Waals surface area contributed by atoms with Crippen LogP contribution in [0.25, 0.3) is 0 Å². The Morgan fingerprint density at radius 3 is 2.50 bits per heavy atom. The molecule has 2 N–H and O–H groups in total. The zero-order valence-electron chi connectivity index (χ0n) is 11.5. The Morgan fingerprint density at radius 1 is 1.35 bits per heavy atom. The van der Waals surface area contributed by atoms with Crippen molar-refractivity contribution in [3.8, 4) is 0 Å². The van der Waals surface area contributed by atoms with Crippen molar-refractivity contribution in [3.05, 3.63) is 14.7 Å². The van der Waals surface area contributed by atoms with Crippen molar-refractivity contribution in [2.75, 3.05) is 32.7 Å². The van der Waals surface area contributed by atoms with Crippen LogP contribution in [0.15, 0.2) is 14.7 Å². The lowest BCUT2D eigenvalue weighted by molar-refractivity contribution is 0.188. The van der Waals surface area contributed by atoms with Gasteiger partial charge in [-0.2, -0.15) is 4.31 Å². The van der Waals surface area contributed by atoms with E-state index in [1.54, 1.807) is 10.4 Å². The number of hydrogen-bond acceptors (Lipinski definition) is 5. The average molecular weight is 382 g/mol. The van der Waals surface area contributed by atoms with E-state index >= 15 is 0 Å². The molecule has 114 valence electrons. The Kier molecular flexibility index (Phi) is 5.61. The van der Waals surface area contributed by atoms with Gasteiger partial charge in [0.05, 0.1) is 3.79 Å². The minimum Gasteiger partial charge on any atom is -0.326 e. The van der Waals surface area contributed by atoms with Crippen molar-refractivity contribution in [2.45, 2.75) is 24.8 Å². The summed E-state index contributed by atoms with van der Waals surface area (Å²) in [6.07, 6.45) is 1.10. The van der Waals surface area contributed by atoms with Gasteiger partial charge in [0.15, 0.2) is 0 Å². The maximum Gasteiger partial charge on any atom is 0.245 e. The van der Waals surface area contributed by atoms with E-state index in [4.69, 9.17) is 5.73 Å². The predicted octanol–water partition coefficient (Wildman–Crippen LogP) is 1.69. The van der Waals surface area contributed by atoms with Crippen molar-refractivity contribution in [1.29, 1.82) is 0 Å². The van der Waals surface area contributed by atoms with Gasteiger partial charge < -0.3 is 10.6 Å². The highest BCUT2D eigenvalue weighted by Gasteiger charge is 2.30. The third-order valence-corrected chi connectivity index (χ3v) is 7.57. The van der Waals surface area contributed by atoms with Gasteiger partial charge in [-0.25, -0.2) is 8.42 Å². The second-order valence-corrected chi connectivity index (χ2v) is 9.16. The van der Waals surface area contributed by atoms with Crippen molar-refractivity contribution in [3.63, 3.8) is 0 Å². The number of halogens is 1. The molecule has 2 heterocycles. The van der Waals surface area contributed by atoms with E-state index in [2.05, 4.69) is 27.8 Å². The van der Waals surface area contributed by atoms with E-state index in [-0.39, 0.29) is 0 Å². The molecule has 0 saturated carbocycles. The number of piperazine rings is 1. The number of nitrogens with zero attached hydrogens (tertiary/aromatic N) is 2. The molecule has 0 atom stereocenters. The fourth-order valence-corrected chi connectivity index (χ4v) is 6.26. The van der Waals surface area contributed by atoms with Crippen LogP contribution >= 0.6 is 27.3 Å². The van der Waals surface area contributed by atoms with Gasteiger partial charge in [0.1, 0.15) is 4.90 Å². The zero-order chi connectivity index (χ0) is 14.8. The lowest BCUT2D eigenvalue weighted by Crippen LogP contribution is -2.48. The molecule has 0 radical (unpaired) electrons. The molecule has 1 aliphatic rings. The highest BCUT2D eigenvalue weighted by molar-refractivity contribution is 9.11. The van der Waals surface area contributed by atoms with Gasteiger partial charge in [-0.3, -0.25) is 0 Å². The smallest absolute Gasteiger partial charge is 0.245 e. The fourth-order valence-electron chi connectivity index (χ4n) is 2.32. The Morgan fingerprint density at radius 2 is 2.00 bits per heavy atom. The number of nitrogens with two attached hydrogens (primary N) is 1. The number of rotatable bonds is 5. The van der Waals surface area contributed by atoms with E-state index < -0.39 is 10.0 Å². The Hall–Kier alpha value is 0.01000. The van der Waals surface area contributed by atoms with Gasteiger partial charge in [-0.15, -0.1) is 11.3 Å². The summed E-state index contributed by atoms with van der Waals surface area (Å²) in [4.78, 5) is 3.53. The number of sulfonamides is 1. The van der Waals surface area contributed by atoms with Crippen molar-refractivity contribution in [1.82, 2.24) is 9.21 Å². The van der Waals surface area contributed by atoms with Crippen LogP contribution in [0.5, 0.6) is 0 Å². The maximum absolute atomic E-state index is 12.6. The van der Waals surface area contributed by atoms with Crippen LogP contribution in [0.3, 0.4) is 0 Å². The molecule has 1 aromatic rings. The predicted molar refractivity (Wildman–Crippen MR) is 85.4 cm³/mol. The second-order valence-electron chi connectivity index (χ2n) is 4.80. The lowest BCUT2D eigenvalue weighted by atomic mass is 10.3. The second kappa shape index (κ2) is 6.85. The van der Waals surface area contributed by atoms with E-state index in [0.717, 1.165) is 30.9 Å². The highest BCUT2D eigenvalue weighted by atomic mass is 79.9. The summed E-state index contributed by atoms with van der Waals surface area (Å²) in [6, 6.07) is 1.68. The molecule has 20 heavy (non-hydrogen) atoms. The van der Waals surface area contributed by atoms with Gasteiger partial charge in [0, 0.05) is 37.6 Å². The van der Waals surface area contributed by atoms with Gasteiger partial charge in [0.25, 0.3) is 0 Å². The Labute approximate surface area is 132 Å². The van der Waals surface area contributed by atoms with Crippen LogP contribution in [0.2, 0.25) is 0 Å². The van der Waals surface area contributed by atoms with E-state index in [9.17, 15) is 8.42 Å². The molecule has 0 amide bonds. The van der Waals surface area contributed by atoms with Gasteiger partial charge >= 0.3 is 0 Å². The fraction of sp³-hybridized carbons (Fsp3) is 0.667. The molecule has 1 fully saturated rings. The van der Waals surface area contributed by atoms with Gasteiger partial charge in [0.2, 0.25) is 10.0 Å². The highest BCUT2D eigenvalue weighted by Crippen LogP contribution is 2.33. The first-order valence-corrected chi connectivity index (χ1v) is 9.74. The summed E-state index contributed by atoms with van der Waals surface area (Å²) in [7, 11) is -3.41. The quantitative estimate of drug-likeness (QED) is 0.842. The molecule has 2 rings (SSSR count). The van der Waals surface area contributed by atoms with Crippen molar-refractivity contribution in [2.24, 2.45) is 5.73 Å². The molecule has 8 heteroatoms. The molecular weight excluding hydrogens is 362 g/mol.